The standard InChI is InChI=1S/C16H12ClNO5S3/c17-11-3-1-10(2-4-11)13-6-5-12(23-13)9-14-15(19)18(16(24)25-14)7-8-26(20,21)22/h1-6,9H,7-8H2,(H,20,21,22). The summed E-state index contributed by atoms with van der Waals surface area (Å²) in [5, 5.41) is 0.620. The zero-order chi connectivity index (χ0) is 18.9. The third-order valence-corrected chi connectivity index (χ3v) is 5.80. The fraction of sp³-hybridized carbons (Fsp3) is 0.125. The van der Waals surface area contributed by atoms with Gasteiger partial charge in [-0.2, -0.15) is 8.42 Å². The summed E-state index contributed by atoms with van der Waals surface area (Å²) in [6, 6.07) is 10.6. The molecule has 1 aromatic heterocycles. The van der Waals surface area contributed by atoms with Crippen molar-refractivity contribution in [2.24, 2.45) is 0 Å². The van der Waals surface area contributed by atoms with Crippen LogP contribution < -0.4 is 0 Å². The molecule has 26 heavy (non-hydrogen) atoms. The molecule has 2 aromatic rings. The normalized spacial score (nSPS) is 16.7. The van der Waals surface area contributed by atoms with Crippen molar-refractivity contribution >= 4 is 62.0 Å². The van der Waals surface area contributed by atoms with E-state index in [9.17, 15) is 13.2 Å². The van der Waals surface area contributed by atoms with Gasteiger partial charge in [0, 0.05) is 23.2 Å². The number of benzene rings is 1. The Labute approximate surface area is 164 Å². The molecule has 0 atom stereocenters. The average Bonchev–Trinajstić information content (AvgIpc) is 3.12. The molecule has 0 bridgehead atoms. The van der Waals surface area contributed by atoms with Crippen LogP contribution in [0.25, 0.3) is 17.4 Å². The van der Waals surface area contributed by atoms with E-state index in [1.807, 2.05) is 12.1 Å². The van der Waals surface area contributed by atoms with Crippen LogP contribution in [0.1, 0.15) is 5.76 Å². The molecule has 0 aliphatic carbocycles. The first-order valence-corrected chi connectivity index (χ1v) is 10.5. The highest BCUT2D eigenvalue weighted by Crippen LogP contribution is 2.33. The van der Waals surface area contributed by atoms with Crippen LogP contribution >= 0.6 is 35.6 Å². The number of halogens is 1. The minimum atomic E-state index is -4.18. The Morgan fingerprint density at radius 3 is 2.58 bits per heavy atom. The molecule has 1 saturated heterocycles. The van der Waals surface area contributed by atoms with Crippen molar-refractivity contribution in [3.63, 3.8) is 0 Å². The number of thiocarbonyl (C=S) groups is 1. The molecule has 1 aromatic carbocycles. The molecule has 2 heterocycles. The lowest BCUT2D eigenvalue weighted by atomic mass is 10.2. The van der Waals surface area contributed by atoms with Crippen molar-refractivity contribution in [1.82, 2.24) is 4.90 Å². The first-order valence-electron chi connectivity index (χ1n) is 7.29. The fourth-order valence-electron chi connectivity index (χ4n) is 2.23. The van der Waals surface area contributed by atoms with E-state index in [-0.39, 0.29) is 10.9 Å². The molecule has 136 valence electrons. The molecule has 1 amide bonds. The summed E-state index contributed by atoms with van der Waals surface area (Å²) >= 11 is 12.0. The molecule has 3 rings (SSSR count). The van der Waals surface area contributed by atoms with Crippen molar-refractivity contribution < 1.29 is 22.2 Å². The van der Waals surface area contributed by atoms with Gasteiger partial charge < -0.3 is 4.42 Å². The third kappa shape index (κ3) is 4.54. The Morgan fingerprint density at radius 2 is 1.92 bits per heavy atom. The topological polar surface area (TPSA) is 87.8 Å². The predicted octanol–water partition coefficient (Wildman–Crippen LogP) is 3.69. The number of hydrogen-bond donors (Lipinski definition) is 1. The van der Waals surface area contributed by atoms with Gasteiger partial charge in [-0.15, -0.1) is 0 Å². The zero-order valence-electron chi connectivity index (χ0n) is 13.1. The minimum Gasteiger partial charge on any atom is -0.457 e. The molecule has 6 nitrogen and oxygen atoms in total. The zero-order valence-corrected chi connectivity index (χ0v) is 16.3. The number of carbonyl (C=O) groups excluding carboxylic acids is 1. The highest BCUT2D eigenvalue weighted by molar-refractivity contribution is 8.26. The van der Waals surface area contributed by atoms with Crippen LogP contribution in [0.5, 0.6) is 0 Å². The summed E-state index contributed by atoms with van der Waals surface area (Å²) in [4.78, 5) is 13.8. The Morgan fingerprint density at radius 1 is 1.23 bits per heavy atom. The summed E-state index contributed by atoms with van der Waals surface area (Å²) < 4.78 is 36.5. The maximum absolute atomic E-state index is 12.4. The quantitative estimate of drug-likeness (QED) is 0.440. The van der Waals surface area contributed by atoms with E-state index in [0.29, 0.717) is 21.4 Å². The van der Waals surface area contributed by atoms with Gasteiger partial charge in [-0.25, -0.2) is 0 Å². The molecule has 1 N–H and O–H groups in total. The van der Waals surface area contributed by atoms with Gasteiger partial charge in [0.15, 0.2) is 0 Å². The summed E-state index contributed by atoms with van der Waals surface area (Å²) in [7, 11) is -4.18. The average molecular weight is 430 g/mol. The SMILES string of the molecule is O=C1C(=Cc2ccc(-c3ccc(Cl)cc3)o2)SC(=S)N1CCS(=O)(=O)O. The number of rotatable bonds is 5. The van der Waals surface area contributed by atoms with Crippen molar-refractivity contribution in [2.75, 3.05) is 12.3 Å². The van der Waals surface area contributed by atoms with Crippen molar-refractivity contribution in [3.8, 4) is 11.3 Å². The van der Waals surface area contributed by atoms with Crippen LogP contribution in [0, 0.1) is 0 Å². The predicted molar refractivity (Wildman–Crippen MR) is 105 cm³/mol. The third-order valence-electron chi connectivity index (χ3n) is 3.48. The Bertz CT molecular complexity index is 995. The second kappa shape index (κ2) is 7.53. The number of hydrogen-bond acceptors (Lipinski definition) is 6. The van der Waals surface area contributed by atoms with Gasteiger partial charge in [-0.3, -0.25) is 14.2 Å². The Kier molecular flexibility index (Phi) is 5.54. The molecular weight excluding hydrogens is 418 g/mol. The van der Waals surface area contributed by atoms with Gasteiger partial charge in [-0.1, -0.05) is 35.6 Å². The maximum atomic E-state index is 12.4. The lowest BCUT2D eigenvalue weighted by molar-refractivity contribution is -0.121. The van der Waals surface area contributed by atoms with Crippen LogP contribution in [0.4, 0.5) is 0 Å². The van der Waals surface area contributed by atoms with Crippen molar-refractivity contribution in [3.05, 3.63) is 52.1 Å². The molecule has 0 saturated carbocycles. The Hall–Kier alpha value is -1.65. The molecule has 1 fully saturated rings. The lowest BCUT2D eigenvalue weighted by Crippen LogP contribution is -2.32. The lowest BCUT2D eigenvalue weighted by Gasteiger charge is -2.12. The van der Waals surface area contributed by atoms with Gasteiger partial charge in [0.25, 0.3) is 16.0 Å². The van der Waals surface area contributed by atoms with Crippen molar-refractivity contribution in [2.45, 2.75) is 0 Å². The summed E-state index contributed by atoms with van der Waals surface area (Å²) in [6.07, 6.45) is 1.55. The second-order valence-electron chi connectivity index (χ2n) is 5.33. The van der Waals surface area contributed by atoms with Crippen LogP contribution in [-0.2, 0) is 14.9 Å². The number of carbonyl (C=O) groups is 1. The van der Waals surface area contributed by atoms with E-state index >= 15 is 0 Å². The van der Waals surface area contributed by atoms with E-state index < -0.39 is 21.8 Å². The largest absolute Gasteiger partial charge is 0.457 e. The summed E-state index contributed by atoms with van der Waals surface area (Å²) in [5.41, 5.74) is 0.842. The number of furan rings is 1. The molecule has 0 spiro atoms. The van der Waals surface area contributed by atoms with Crippen LogP contribution in [0.2, 0.25) is 5.02 Å². The van der Waals surface area contributed by atoms with E-state index in [2.05, 4.69) is 0 Å². The number of amides is 1. The van der Waals surface area contributed by atoms with Gasteiger partial charge in [0.05, 0.1) is 10.7 Å². The van der Waals surface area contributed by atoms with Crippen molar-refractivity contribution in [1.29, 1.82) is 0 Å². The smallest absolute Gasteiger partial charge is 0.266 e. The molecule has 1 aliphatic heterocycles. The number of nitrogens with zero attached hydrogens (tertiary/aromatic N) is 1. The molecular formula is C16H12ClNO5S3. The first kappa shape index (κ1) is 19.1. The van der Waals surface area contributed by atoms with Crippen LogP contribution in [-0.4, -0.2) is 40.4 Å². The van der Waals surface area contributed by atoms with E-state index in [1.165, 1.54) is 0 Å². The van der Waals surface area contributed by atoms with E-state index in [4.69, 9.17) is 32.8 Å². The highest BCUT2D eigenvalue weighted by Gasteiger charge is 2.32. The second-order valence-corrected chi connectivity index (χ2v) is 9.01. The van der Waals surface area contributed by atoms with Gasteiger partial charge in [0.1, 0.15) is 15.8 Å². The van der Waals surface area contributed by atoms with Gasteiger partial charge in [0.2, 0.25) is 0 Å². The van der Waals surface area contributed by atoms with E-state index in [1.54, 1.807) is 30.3 Å². The molecule has 1 aliphatic rings. The number of thioether (sulfide) groups is 1. The summed E-state index contributed by atoms with van der Waals surface area (Å²) in [5.74, 6) is 0.0851. The molecule has 0 unspecified atom stereocenters. The Balaban J connectivity index is 1.77. The fourth-order valence-corrected chi connectivity index (χ4v) is 4.06. The van der Waals surface area contributed by atoms with Crippen LogP contribution in [0.3, 0.4) is 0 Å². The van der Waals surface area contributed by atoms with E-state index in [0.717, 1.165) is 22.2 Å². The van der Waals surface area contributed by atoms with Gasteiger partial charge >= 0.3 is 0 Å². The maximum Gasteiger partial charge on any atom is 0.266 e. The minimum absolute atomic E-state index is 0.199. The van der Waals surface area contributed by atoms with Crippen LogP contribution in [0.15, 0.2) is 45.7 Å². The summed E-state index contributed by atoms with van der Waals surface area (Å²) in [6.45, 7) is -0.199. The van der Waals surface area contributed by atoms with Gasteiger partial charge in [-0.05, 0) is 36.4 Å². The molecule has 0 radical (unpaired) electrons. The first-order chi connectivity index (χ1) is 12.2. The highest BCUT2D eigenvalue weighted by atomic mass is 35.5. The molecule has 10 heteroatoms. The monoisotopic (exact) mass is 429 g/mol.